The molecule has 0 unspecified atom stereocenters. The number of fused-ring (bicyclic) bond motifs is 3. The molecule has 0 aliphatic heterocycles. The summed E-state index contributed by atoms with van der Waals surface area (Å²) in [6.07, 6.45) is -0.178. The number of benzene rings is 2. The maximum Gasteiger partial charge on any atom is 0.411 e. The van der Waals surface area contributed by atoms with Crippen LogP contribution in [0.4, 0.5) is 10.5 Å². The third-order valence-corrected chi connectivity index (χ3v) is 6.32. The second kappa shape index (κ2) is 8.43. The smallest absolute Gasteiger partial charge is 0.411 e. The fraction of sp³-hybridized carbons (Fsp3) is 0.250. The predicted octanol–water partition coefficient (Wildman–Crippen LogP) is 5.95. The van der Waals surface area contributed by atoms with Crippen LogP contribution in [0.5, 0.6) is 5.75 Å². The number of carbonyl (C=O) groups is 1. The highest BCUT2D eigenvalue weighted by Crippen LogP contribution is 2.40. The largest absolute Gasteiger partial charge is 0.496 e. The summed E-state index contributed by atoms with van der Waals surface area (Å²) < 4.78 is 6.32. The van der Waals surface area contributed by atoms with Crippen LogP contribution in [0.2, 0.25) is 0 Å². The quantitative estimate of drug-likeness (QED) is 0.391. The molecule has 2 aromatic carbocycles. The Morgan fingerprint density at radius 1 is 1.16 bits per heavy atom. The number of rotatable bonds is 6. The molecule has 0 atom stereocenters. The van der Waals surface area contributed by atoms with Gasteiger partial charge < -0.3 is 14.8 Å². The van der Waals surface area contributed by atoms with E-state index in [1.165, 1.54) is 16.2 Å². The van der Waals surface area contributed by atoms with E-state index in [9.17, 15) is 14.7 Å². The van der Waals surface area contributed by atoms with Crippen LogP contribution in [0.15, 0.2) is 52.6 Å². The van der Waals surface area contributed by atoms with E-state index in [1.54, 1.807) is 7.11 Å². The Morgan fingerprint density at radius 3 is 2.55 bits per heavy atom. The minimum Gasteiger partial charge on any atom is -0.496 e. The number of nitrogens with zero attached hydrogens (tertiary/aromatic N) is 1. The van der Waals surface area contributed by atoms with Crippen molar-refractivity contribution in [3.8, 4) is 16.9 Å². The van der Waals surface area contributed by atoms with Gasteiger partial charge in [0.2, 0.25) is 0 Å². The second-order valence-electron chi connectivity index (χ2n) is 7.85. The van der Waals surface area contributed by atoms with E-state index in [1.807, 2.05) is 47.8 Å². The highest BCUT2D eigenvalue weighted by atomic mass is 32.1. The van der Waals surface area contributed by atoms with Crippen molar-refractivity contribution in [2.24, 2.45) is 5.92 Å². The van der Waals surface area contributed by atoms with Crippen LogP contribution in [0.3, 0.4) is 0 Å². The summed E-state index contributed by atoms with van der Waals surface area (Å²) in [5.74, 6) is 1.10. The van der Waals surface area contributed by atoms with Gasteiger partial charge in [-0.25, -0.2) is 4.79 Å². The summed E-state index contributed by atoms with van der Waals surface area (Å²) in [6, 6.07) is 13.1. The van der Waals surface area contributed by atoms with Gasteiger partial charge in [-0.05, 0) is 53.6 Å². The summed E-state index contributed by atoms with van der Waals surface area (Å²) in [5.41, 5.74) is 3.02. The van der Waals surface area contributed by atoms with Crippen molar-refractivity contribution in [2.45, 2.75) is 20.3 Å². The van der Waals surface area contributed by atoms with E-state index in [0.717, 1.165) is 33.8 Å². The molecule has 0 spiro atoms. The number of amides is 1. The van der Waals surface area contributed by atoms with E-state index in [0.29, 0.717) is 28.6 Å². The third kappa shape index (κ3) is 3.88. The lowest BCUT2D eigenvalue weighted by molar-refractivity contribution is 0.201. The number of methoxy groups -OCH3 is 1. The average Bonchev–Trinajstić information content (AvgIpc) is 3.24. The Morgan fingerprint density at radius 2 is 1.90 bits per heavy atom. The van der Waals surface area contributed by atoms with Crippen LogP contribution in [0.1, 0.15) is 20.3 Å². The van der Waals surface area contributed by atoms with Crippen molar-refractivity contribution >= 4 is 44.1 Å². The Labute approximate surface area is 183 Å². The normalized spacial score (nSPS) is 11.4. The van der Waals surface area contributed by atoms with Crippen LogP contribution in [-0.4, -0.2) is 29.8 Å². The molecule has 0 saturated carbocycles. The molecule has 7 heteroatoms. The molecule has 2 N–H and O–H groups in total. The maximum absolute atomic E-state index is 12.4. The minimum absolute atomic E-state index is 0.105. The first kappa shape index (κ1) is 20.9. The predicted molar refractivity (Wildman–Crippen MR) is 127 cm³/mol. The molecule has 0 aliphatic carbocycles. The average molecular weight is 437 g/mol. The van der Waals surface area contributed by atoms with E-state index >= 15 is 0 Å². The first-order chi connectivity index (χ1) is 14.9. The molecule has 0 bridgehead atoms. The lowest BCUT2D eigenvalue weighted by Gasteiger charge is -2.21. The molecule has 0 saturated heterocycles. The Bertz CT molecular complexity index is 1310. The molecule has 4 rings (SSSR count). The Balaban J connectivity index is 1.86. The number of aromatic amines is 1. The van der Waals surface area contributed by atoms with E-state index in [4.69, 9.17) is 4.74 Å². The molecule has 2 heterocycles. The second-order valence-corrected chi connectivity index (χ2v) is 8.76. The van der Waals surface area contributed by atoms with Crippen molar-refractivity contribution in [1.29, 1.82) is 0 Å². The molecule has 4 aromatic rings. The van der Waals surface area contributed by atoms with Gasteiger partial charge in [0.15, 0.2) is 0 Å². The Hall–Kier alpha value is -3.32. The SMILES string of the molecule is COc1ccc2[nH]c(=O)c3sccc3c2c1-c1ccc(N(CCC(C)C)C(=O)O)cc1. The minimum atomic E-state index is -0.964. The molecule has 0 fully saturated rings. The molecule has 31 heavy (non-hydrogen) atoms. The van der Waals surface area contributed by atoms with Crippen molar-refractivity contribution in [3.05, 3.63) is 58.2 Å². The summed E-state index contributed by atoms with van der Waals surface area (Å²) in [6.45, 7) is 4.59. The third-order valence-electron chi connectivity index (χ3n) is 5.40. The van der Waals surface area contributed by atoms with Crippen molar-refractivity contribution in [1.82, 2.24) is 4.98 Å². The van der Waals surface area contributed by atoms with Gasteiger partial charge >= 0.3 is 6.09 Å². The van der Waals surface area contributed by atoms with Crippen LogP contribution >= 0.6 is 11.3 Å². The summed E-state index contributed by atoms with van der Waals surface area (Å²) >= 11 is 1.41. The van der Waals surface area contributed by atoms with Crippen LogP contribution in [0.25, 0.3) is 32.1 Å². The van der Waals surface area contributed by atoms with Gasteiger partial charge in [0.1, 0.15) is 10.4 Å². The number of hydrogen-bond donors (Lipinski definition) is 2. The zero-order valence-corrected chi connectivity index (χ0v) is 18.5. The first-order valence-electron chi connectivity index (χ1n) is 10.1. The number of anilines is 1. The van der Waals surface area contributed by atoms with Gasteiger partial charge in [-0.3, -0.25) is 9.69 Å². The van der Waals surface area contributed by atoms with Gasteiger partial charge in [0, 0.05) is 34.1 Å². The summed E-state index contributed by atoms with van der Waals surface area (Å²) in [7, 11) is 1.62. The number of nitrogens with one attached hydrogen (secondary N) is 1. The van der Waals surface area contributed by atoms with Gasteiger partial charge in [-0.1, -0.05) is 26.0 Å². The highest BCUT2D eigenvalue weighted by molar-refractivity contribution is 7.17. The van der Waals surface area contributed by atoms with Crippen LogP contribution in [0, 0.1) is 5.92 Å². The maximum atomic E-state index is 12.4. The van der Waals surface area contributed by atoms with Crippen molar-refractivity contribution < 1.29 is 14.6 Å². The van der Waals surface area contributed by atoms with Gasteiger partial charge in [0.25, 0.3) is 5.56 Å². The van der Waals surface area contributed by atoms with Crippen LogP contribution < -0.4 is 15.2 Å². The molecule has 2 aromatic heterocycles. The fourth-order valence-corrected chi connectivity index (χ4v) is 4.61. The van der Waals surface area contributed by atoms with E-state index < -0.39 is 6.09 Å². The van der Waals surface area contributed by atoms with Gasteiger partial charge in [0.05, 0.1) is 7.11 Å². The zero-order valence-electron chi connectivity index (χ0n) is 17.6. The topological polar surface area (TPSA) is 82.6 Å². The van der Waals surface area contributed by atoms with Crippen LogP contribution in [-0.2, 0) is 0 Å². The number of H-pyrrole nitrogens is 1. The molecule has 160 valence electrons. The van der Waals surface area contributed by atoms with Crippen molar-refractivity contribution in [3.63, 3.8) is 0 Å². The van der Waals surface area contributed by atoms with Gasteiger partial charge in [-0.15, -0.1) is 11.3 Å². The van der Waals surface area contributed by atoms with E-state index in [2.05, 4.69) is 18.8 Å². The lowest BCUT2D eigenvalue weighted by atomic mass is 9.97. The standard InChI is InChI=1S/C24H24N2O4S/c1-14(2)10-12-26(24(28)29)16-6-4-15(5-7-16)20-19(30-3)9-8-18-21(20)17-11-13-31-22(17)23(27)25-18/h4-9,11,13-14H,10,12H2,1-3H3,(H,25,27)(H,28,29). The number of carboxylic acid groups (broad SMARTS) is 1. The van der Waals surface area contributed by atoms with Crippen molar-refractivity contribution in [2.75, 3.05) is 18.6 Å². The molecule has 6 nitrogen and oxygen atoms in total. The molecular weight excluding hydrogens is 412 g/mol. The number of pyridine rings is 1. The fourth-order valence-electron chi connectivity index (χ4n) is 3.82. The molecular formula is C24H24N2O4S. The lowest BCUT2D eigenvalue weighted by Crippen LogP contribution is -2.30. The Kier molecular flexibility index (Phi) is 5.69. The van der Waals surface area contributed by atoms with E-state index in [-0.39, 0.29) is 5.56 Å². The first-order valence-corrected chi connectivity index (χ1v) is 11.0. The molecule has 1 amide bonds. The number of thiophene rings is 1. The van der Waals surface area contributed by atoms with Gasteiger partial charge in [-0.2, -0.15) is 0 Å². The number of hydrogen-bond acceptors (Lipinski definition) is 4. The monoisotopic (exact) mass is 436 g/mol. The summed E-state index contributed by atoms with van der Waals surface area (Å²) in [4.78, 5) is 28.5. The molecule has 0 aliphatic rings. The summed E-state index contributed by atoms with van der Waals surface area (Å²) in [5, 5.41) is 13.3. The number of ether oxygens (including phenoxy) is 1. The number of aromatic nitrogens is 1. The molecule has 0 radical (unpaired) electrons. The highest BCUT2D eigenvalue weighted by Gasteiger charge is 2.18. The zero-order chi connectivity index (χ0) is 22.1.